The van der Waals surface area contributed by atoms with Crippen molar-refractivity contribution in [1.29, 1.82) is 0 Å². The third-order valence-corrected chi connectivity index (χ3v) is 3.42. The zero-order chi connectivity index (χ0) is 12.4. The minimum Gasteiger partial charge on any atom is -0.337 e. The molecule has 17 heavy (non-hydrogen) atoms. The smallest absolute Gasteiger partial charge is 0.148 e. The zero-order valence-electron chi connectivity index (χ0n) is 8.22. The first kappa shape index (κ1) is 12.7. The monoisotopic (exact) mass is 379 g/mol. The molecule has 2 rings (SSSR count). The number of anilines is 2. The average Bonchev–Trinajstić information content (AvgIpc) is 2.25. The van der Waals surface area contributed by atoms with Crippen LogP contribution in [-0.2, 0) is 0 Å². The Hall–Kier alpha value is -0.720. The summed E-state index contributed by atoms with van der Waals surface area (Å²) in [4.78, 5) is 7.88. The molecule has 1 heterocycles. The summed E-state index contributed by atoms with van der Waals surface area (Å²) < 4.78 is 14.3. The number of halogens is 4. The van der Waals surface area contributed by atoms with Crippen LogP contribution in [0, 0.1) is 5.82 Å². The summed E-state index contributed by atoms with van der Waals surface area (Å²) in [7, 11) is 0. The lowest BCUT2D eigenvalue weighted by molar-refractivity contribution is 0.627. The van der Waals surface area contributed by atoms with Crippen LogP contribution >= 0.6 is 43.5 Å². The van der Waals surface area contributed by atoms with Crippen molar-refractivity contribution < 1.29 is 4.39 Å². The van der Waals surface area contributed by atoms with Gasteiger partial charge in [0, 0.05) is 10.7 Å². The Morgan fingerprint density at radius 3 is 2.65 bits per heavy atom. The van der Waals surface area contributed by atoms with Gasteiger partial charge in [0.1, 0.15) is 18.0 Å². The van der Waals surface area contributed by atoms with Gasteiger partial charge in [-0.2, -0.15) is 0 Å². The molecule has 3 nitrogen and oxygen atoms in total. The quantitative estimate of drug-likeness (QED) is 0.830. The number of hydrogen-bond donors (Lipinski definition) is 1. The highest BCUT2D eigenvalue weighted by Gasteiger charge is 2.10. The van der Waals surface area contributed by atoms with Crippen molar-refractivity contribution >= 4 is 55.0 Å². The molecule has 0 unspecified atom stereocenters. The molecule has 7 heteroatoms. The van der Waals surface area contributed by atoms with Crippen molar-refractivity contribution in [3.8, 4) is 0 Å². The van der Waals surface area contributed by atoms with E-state index in [2.05, 4.69) is 47.1 Å². The number of aromatic nitrogens is 2. The van der Waals surface area contributed by atoms with Crippen LogP contribution in [-0.4, -0.2) is 9.97 Å². The van der Waals surface area contributed by atoms with Gasteiger partial charge >= 0.3 is 0 Å². The maximum atomic E-state index is 13.0. The van der Waals surface area contributed by atoms with Gasteiger partial charge in [-0.3, -0.25) is 0 Å². The summed E-state index contributed by atoms with van der Waals surface area (Å²) in [6.45, 7) is 0. The third kappa shape index (κ3) is 2.94. The summed E-state index contributed by atoms with van der Waals surface area (Å²) in [5, 5.41) is 3.26. The van der Waals surface area contributed by atoms with Crippen LogP contribution < -0.4 is 5.32 Å². The Morgan fingerprint density at radius 2 is 2.00 bits per heavy atom. The van der Waals surface area contributed by atoms with Crippen LogP contribution in [0.4, 0.5) is 15.9 Å². The molecule has 0 atom stereocenters. The predicted molar refractivity (Wildman–Crippen MR) is 72.1 cm³/mol. The van der Waals surface area contributed by atoms with Crippen LogP contribution in [0.3, 0.4) is 0 Å². The summed E-state index contributed by atoms with van der Waals surface area (Å²) in [5.74, 6) is 0.142. The summed E-state index contributed by atoms with van der Waals surface area (Å²) in [6, 6.07) is 2.55. The number of nitrogens with zero attached hydrogens (tertiary/aromatic N) is 2. The Bertz CT molecular complexity index is 542. The molecular weight excluding hydrogens is 376 g/mol. The lowest BCUT2D eigenvalue weighted by Gasteiger charge is -2.10. The van der Waals surface area contributed by atoms with Crippen molar-refractivity contribution in [3.63, 3.8) is 0 Å². The fourth-order valence-corrected chi connectivity index (χ4v) is 2.40. The highest BCUT2D eigenvalue weighted by molar-refractivity contribution is 9.11. The van der Waals surface area contributed by atoms with Crippen LogP contribution in [0.15, 0.2) is 33.6 Å². The summed E-state index contributed by atoms with van der Waals surface area (Å²) >= 11 is 12.5. The molecule has 0 aliphatic rings. The molecule has 0 aliphatic carbocycles. The van der Waals surface area contributed by atoms with E-state index in [1.54, 1.807) is 6.20 Å². The van der Waals surface area contributed by atoms with E-state index in [9.17, 15) is 4.39 Å². The molecule has 0 amide bonds. The van der Waals surface area contributed by atoms with Gasteiger partial charge in [-0.15, -0.1) is 0 Å². The number of nitrogens with one attached hydrogen (secondary N) is 1. The maximum Gasteiger partial charge on any atom is 0.148 e. The second kappa shape index (κ2) is 5.29. The molecule has 0 fully saturated rings. The highest BCUT2D eigenvalue weighted by atomic mass is 79.9. The van der Waals surface area contributed by atoms with Crippen LogP contribution in [0.25, 0.3) is 0 Å². The lowest BCUT2D eigenvalue weighted by Crippen LogP contribution is -1.97. The number of rotatable bonds is 2. The normalized spacial score (nSPS) is 10.4. The second-order valence-corrected chi connectivity index (χ2v) is 5.20. The van der Waals surface area contributed by atoms with E-state index < -0.39 is 5.82 Å². The Balaban J connectivity index is 2.40. The van der Waals surface area contributed by atoms with E-state index in [0.717, 1.165) is 0 Å². The van der Waals surface area contributed by atoms with Gasteiger partial charge in [0.2, 0.25) is 0 Å². The standard InChI is InChI=1S/C10H5Br2ClFN3/c11-6-1-5(14)2-8(13)9(6)17-10-7(12)3-15-4-16-10/h1-4H,(H,15,16,17). The van der Waals surface area contributed by atoms with E-state index in [-0.39, 0.29) is 5.02 Å². The SMILES string of the molecule is Fc1cc(Cl)c(Nc2ncncc2Br)c(Br)c1. The summed E-state index contributed by atoms with van der Waals surface area (Å²) in [5.41, 5.74) is 0.549. The van der Waals surface area contributed by atoms with Crippen molar-refractivity contribution in [2.24, 2.45) is 0 Å². The van der Waals surface area contributed by atoms with Crippen LogP contribution in [0.1, 0.15) is 0 Å². The molecule has 0 saturated carbocycles. The van der Waals surface area contributed by atoms with Crippen molar-refractivity contribution in [2.45, 2.75) is 0 Å². The van der Waals surface area contributed by atoms with Gasteiger partial charge in [-0.05, 0) is 44.0 Å². The predicted octanol–water partition coefficient (Wildman–Crippen LogP) is 4.54. The molecule has 2 aromatic rings. The lowest BCUT2D eigenvalue weighted by atomic mass is 10.3. The molecule has 0 radical (unpaired) electrons. The number of hydrogen-bond acceptors (Lipinski definition) is 3. The van der Waals surface area contributed by atoms with Gasteiger partial charge in [-0.25, -0.2) is 14.4 Å². The van der Waals surface area contributed by atoms with Crippen molar-refractivity contribution in [2.75, 3.05) is 5.32 Å². The molecular formula is C10H5Br2ClFN3. The van der Waals surface area contributed by atoms with Crippen LogP contribution in [0.2, 0.25) is 5.02 Å². The molecule has 1 N–H and O–H groups in total. The van der Waals surface area contributed by atoms with E-state index >= 15 is 0 Å². The van der Waals surface area contributed by atoms with Gasteiger partial charge in [0.15, 0.2) is 0 Å². The highest BCUT2D eigenvalue weighted by Crippen LogP contribution is 2.34. The molecule has 88 valence electrons. The fourth-order valence-electron chi connectivity index (χ4n) is 1.18. The minimum absolute atomic E-state index is 0.266. The van der Waals surface area contributed by atoms with Crippen molar-refractivity contribution in [1.82, 2.24) is 9.97 Å². The van der Waals surface area contributed by atoms with E-state index in [4.69, 9.17) is 11.6 Å². The molecule has 1 aromatic heterocycles. The average molecular weight is 381 g/mol. The van der Waals surface area contributed by atoms with Gasteiger partial charge < -0.3 is 5.32 Å². The van der Waals surface area contributed by atoms with Crippen molar-refractivity contribution in [3.05, 3.63) is 44.4 Å². The van der Waals surface area contributed by atoms with Gasteiger partial charge in [0.05, 0.1) is 15.2 Å². The first-order chi connectivity index (χ1) is 8.08. The second-order valence-electron chi connectivity index (χ2n) is 3.09. The zero-order valence-corrected chi connectivity index (χ0v) is 12.1. The third-order valence-electron chi connectivity index (χ3n) is 1.92. The largest absolute Gasteiger partial charge is 0.337 e. The first-order valence-electron chi connectivity index (χ1n) is 4.45. The Morgan fingerprint density at radius 1 is 1.24 bits per heavy atom. The van der Waals surface area contributed by atoms with E-state index in [1.165, 1.54) is 18.5 Å². The molecule has 0 spiro atoms. The van der Waals surface area contributed by atoms with Crippen LogP contribution in [0.5, 0.6) is 0 Å². The fraction of sp³-hybridized carbons (Fsp3) is 0. The molecule has 0 bridgehead atoms. The first-order valence-corrected chi connectivity index (χ1v) is 6.41. The maximum absolute atomic E-state index is 13.0. The molecule has 1 aromatic carbocycles. The van der Waals surface area contributed by atoms with Gasteiger partial charge in [0.25, 0.3) is 0 Å². The molecule has 0 saturated heterocycles. The van der Waals surface area contributed by atoms with E-state index in [0.29, 0.717) is 20.5 Å². The summed E-state index contributed by atoms with van der Waals surface area (Å²) in [6.07, 6.45) is 3.00. The van der Waals surface area contributed by atoms with Gasteiger partial charge in [-0.1, -0.05) is 11.6 Å². The Kier molecular flexibility index (Phi) is 3.96. The topological polar surface area (TPSA) is 37.8 Å². The molecule has 0 aliphatic heterocycles. The number of benzene rings is 1. The van der Waals surface area contributed by atoms with E-state index in [1.807, 2.05) is 0 Å². The minimum atomic E-state index is -0.408. The Labute approximate surface area is 119 Å².